The van der Waals surface area contributed by atoms with Crippen molar-refractivity contribution in [1.82, 2.24) is 0 Å². The lowest BCUT2D eigenvalue weighted by Gasteiger charge is -2.25. The first-order valence-electron chi connectivity index (χ1n) is 5.69. The maximum Gasteiger partial charge on any atom is 0.0850 e. The molecular formula is C11H19BrCl2O. The molecule has 0 saturated heterocycles. The summed E-state index contributed by atoms with van der Waals surface area (Å²) >= 11 is 15.2. The summed E-state index contributed by atoms with van der Waals surface area (Å²) in [5.41, 5.74) is 0. The van der Waals surface area contributed by atoms with Crippen LogP contribution in [0.2, 0.25) is 0 Å². The van der Waals surface area contributed by atoms with Gasteiger partial charge in [-0.25, -0.2) is 0 Å². The van der Waals surface area contributed by atoms with Crippen molar-refractivity contribution in [2.75, 3.05) is 11.8 Å². The van der Waals surface area contributed by atoms with Gasteiger partial charge < -0.3 is 4.74 Å². The lowest BCUT2D eigenvalue weighted by Crippen LogP contribution is -2.32. The van der Waals surface area contributed by atoms with Gasteiger partial charge in [-0.05, 0) is 12.8 Å². The van der Waals surface area contributed by atoms with Crippen molar-refractivity contribution in [2.45, 2.75) is 55.6 Å². The summed E-state index contributed by atoms with van der Waals surface area (Å²) in [7, 11) is 0. The van der Waals surface area contributed by atoms with Gasteiger partial charge in [0.2, 0.25) is 0 Å². The zero-order valence-electron chi connectivity index (χ0n) is 8.93. The summed E-state index contributed by atoms with van der Waals surface area (Å²) < 4.78 is 6.01. The van der Waals surface area contributed by atoms with Gasteiger partial charge in [0.15, 0.2) is 0 Å². The Bertz CT molecular complexity index is 161. The number of ether oxygens (including phenoxy) is 1. The Kier molecular flexibility index (Phi) is 7.66. The standard InChI is InChI=1S/C11H19BrCl2O/c12-10(7-13)11(8-14)15-9-5-3-1-2-4-6-9/h9-11H,1-8H2. The molecule has 90 valence electrons. The average molecular weight is 318 g/mol. The van der Waals surface area contributed by atoms with E-state index in [1.807, 2.05) is 0 Å². The highest BCUT2D eigenvalue weighted by Crippen LogP contribution is 2.23. The minimum Gasteiger partial charge on any atom is -0.373 e. The van der Waals surface area contributed by atoms with Crippen molar-refractivity contribution < 1.29 is 4.74 Å². The van der Waals surface area contributed by atoms with E-state index in [0.29, 0.717) is 17.9 Å². The fourth-order valence-corrected chi connectivity index (χ4v) is 2.96. The quantitative estimate of drug-likeness (QED) is 0.541. The van der Waals surface area contributed by atoms with E-state index in [0.717, 1.165) is 0 Å². The monoisotopic (exact) mass is 316 g/mol. The zero-order valence-corrected chi connectivity index (χ0v) is 12.0. The molecule has 2 atom stereocenters. The van der Waals surface area contributed by atoms with Crippen molar-refractivity contribution >= 4 is 39.1 Å². The van der Waals surface area contributed by atoms with E-state index in [2.05, 4.69) is 15.9 Å². The molecule has 1 rings (SSSR count). The van der Waals surface area contributed by atoms with Crippen LogP contribution in [0.1, 0.15) is 38.5 Å². The number of rotatable bonds is 5. The van der Waals surface area contributed by atoms with E-state index in [-0.39, 0.29) is 10.9 Å². The zero-order chi connectivity index (χ0) is 11.1. The molecule has 0 radical (unpaired) electrons. The van der Waals surface area contributed by atoms with E-state index in [1.54, 1.807) is 0 Å². The van der Waals surface area contributed by atoms with Crippen LogP contribution in [0.4, 0.5) is 0 Å². The van der Waals surface area contributed by atoms with E-state index in [4.69, 9.17) is 27.9 Å². The highest BCUT2D eigenvalue weighted by molar-refractivity contribution is 9.09. The van der Waals surface area contributed by atoms with Gasteiger partial charge in [0.05, 0.1) is 17.0 Å². The highest BCUT2D eigenvalue weighted by atomic mass is 79.9. The minimum absolute atomic E-state index is 0.0484. The number of alkyl halides is 3. The first kappa shape index (κ1) is 14.1. The van der Waals surface area contributed by atoms with Crippen LogP contribution >= 0.6 is 39.1 Å². The van der Waals surface area contributed by atoms with E-state index in [1.165, 1.54) is 38.5 Å². The molecule has 1 fully saturated rings. The van der Waals surface area contributed by atoms with Crippen molar-refractivity contribution in [2.24, 2.45) is 0 Å². The topological polar surface area (TPSA) is 9.23 Å². The van der Waals surface area contributed by atoms with Crippen LogP contribution in [0, 0.1) is 0 Å². The van der Waals surface area contributed by atoms with Crippen LogP contribution in [0.25, 0.3) is 0 Å². The predicted molar refractivity (Wildman–Crippen MR) is 70.5 cm³/mol. The molecule has 0 aromatic heterocycles. The predicted octanol–water partition coefficient (Wildman–Crippen LogP) is 4.34. The Hall–Kier alpha value is 1.02. The second kappa shape index (κ2) is 8.16. The third-order valence-electron chi connectivity index (χ3n) is 2.87. The smallest absolute Gasteiger partial charge is 0.0850 e. The first-order valence-corrected chi connectivity index (χ1v) is 7.68. The van der Waals surface area contributed by atoms with Crippen molar-refractivity contribution in [3.05, 3.63) is 0 Å². The molecule has 0 aromatic rings. The molecule has 0 spiro atoms. The summed E-state index contributed by atoms with van der Waals surface area (Å²) in [6, 6.07) is 0. The molecule has 4 heteroatoms. The Balaban J connectivity index is 2.35. The molecule has 0 aromatic carbocycles. The number of halogens is 3. The normalized spacial score (nSPS) is 23.4. The van der Waals surface area contributed by atoms with Gasteiger partial charge in [0.25, 0.3) is 0 Å². The largest absolute Gasteiger partial charge is 0.373 e. The Labute approximate surface area is 111 Å². The molecule has 0 heterocycles. The number of hydrogen-bond donors (Lipinski definition) is 0. The van der Waals surface area contributed by atoms with Gasteiger partial charge in [-0.3, -0.25) is 0 Å². The van der Waals surface area contributed by atoms with Gasteiger partial charge in [-0.15, -0.1) is 23.2 Å². The summed E-state index contributed by atoms with van der Waals surface area (Å²) in [5, 5.41) is 0. The number of hydrogen-bond acceptors (Lipinski definition) is 1. The van der Waals surface area contributed by atoms with Crippen molar-refractivity contribution in [1.29, 1.82) is 0 Å². The molecule has 0 amide bonds. The third-order valence-corrected chi connectivity index (χ3v) is 4.80. The lowest BCUT2D eigenvalue weighted by atomic mass is 10.1. The average Bonchev–Trinajstić information content (AvgIpc) is 2.53. The van der Waals surface area contributed by atoms with Crippen LogP contribution in [-0.2, 0) is 4.74 Å². The fraction of sp³-hybridized carbons (Fsp3) is 1.00. The summed E-state index contributed by atoms with van der Waals surface area (Å²) in [4.78, 5) is 0.167. The molecule has 0 N–H and O–H groups in total. The summed E-state index contributed by atoms with van der Waals surface area (Å²) in [6.07, 6.45) is 8.05. The van der Waals surface area contributed by atoms with Gasteiger partial charge >= 0.3 is 0 Å². The molecular weight excluding hydrogens is 299 g/mol. The molecule has 2 unspecified atom stereocenters. The molecule has 15 heavy (non-hydrogen) atoms. The summed E-state index contributed by atoms with van der Waals surface area (Å²) in [6.45, 7) is 0. The van der Waals surface area contributed by atoms with Gasteiger partial charge in [-0.2, -0.15) is 0 Å². The van der Waals surface area contributed by atoms with Crippen LogP contribution in [0.15, 0.2) is 0 Å². The van der Waals surface area contributed by atoms with Crippen LogP contribution in [0.3, 0.4) is 0 Å². The van der Waals surface area contributed by atoms with Gasteiger partial charge in [0, 0.05) is 11.8 Å². The third kappa shape index (κ3) is 5.25. The van der Waals surface area contributed by atoms with Crippen molar-refractivity contribution in [3.8, 4) is 0 Å². The molecule has 1 aliphatic carbocycles. The highest BCUT2D eigenvalue weighted by Gasteiger charge is 2.22. The maximum atomic E-state index is 6.01. The van der Waals surface area contributed by atoms with E-state index < -0.39 is 0 Å². The van der Waals surface area contributed by atoms with Crippen LogP contribution < -0.4 is 0 Å². The first-order chi connectivity index (χ1) is 7.27. The van der Waals surface area contributed by atoms with E-state index in [9.17, 15) is 0 Å². The SMILES string of the molecule is ClCC(Br)C(CCl)OC1CCCCCC1. The van der Waals surface area contributed by atoms with Crippen LogP contribution in [0.5, 0.6) is 0 Å². The molecule has 1 nitrogen and oxygen atoms in total. The lowest BCUT2D eigenvalue weighted by molar-refractivity contribution is -0.00525. The van der Waals surface area contributed by atoms with Crippen LogP contribution in [-0.4, -0.2) is 28.8 Å². The molecule has 1 saturated carbocycles. The summed E-state index contributed by atoms with van der Waals surface area (Å²) in [5.74, 6) is 1.06. The van der Waals surface area contributed by atoms with Gasteiger partial charge in [0.1, 0.15) is 0 Å². The van der Waals surface area contributed by atoms with Gasteiger partial charge in [-0.1, -0.05) is 41.6 Å². The molecule has 0 bridgehead atoms. The van der Waals surface area contributed by atoms with Crippen molar-refractivity contribution in [3.63, 3.8) is 0 Å². The Morgan fingerprint density at radius 2 is 1.67 bits per heavy atom. The minimum atomic E-state index is 0.0484. The maximum absolute atomic E-state index is 6.01. The molecule has 1 aliphatic rings. The Morgan fingerprint density at radius 3 is 2.13 bits per heavy atom. The second-order valence-electron chi connectivity index (χ2n) is 4.11. The fourth-order valence-electron chi connectivity index (χ4n) is 1.94. The molecule has 0 aliphatic heterocycles. The van der Waals surface area contributed by atoms with E-state index >= 15 is 0 Å². The Morgan fingerprint density at radius 1 is 1.07 bits per heavy atom. The second-order valence-corrected chi connectivity index (χ2v) is 5.91.